The van der Waals surface area contributed by atoms with Gasteiger partial charge in [-0.2, -0.15) is 0 Å². The molecule has 10 nitrogen and oxygen atoms in total. The molecule has 5 rings (SSSR count). The number of nitrogens with zero attached hydrogens (tertiary/aromatic N) is 5. The van der Waals surface area contributed by atoms with E-state index in [0.717, 1.165) is 25.1 Å². The van der Waals surface area contributed by atoms with Crippen molar-refractivity contribution in [3.8, 4) is 17.4 Å². The molecule has 11 heteroatoms. The quantitative estimate of drug-likeness (QED) is 0.331. The lowest BCUT2D eigenvalue weighted by atomic mass is 10.2. The van der Waals surface area contributed by atoms with Crippen molar-refractivity contribution in [2.45, 2.75) is 25.8 Å². The number of rotatable bonds is 9. The number of pyridine rings is 1. The zero-order valence-electron chi connectivity index (χ0n) is 19.2. The molecule has 1 fully saturated rings. The number of hydrogen-bond acceptors (Lipinski definition) is 9. The number of halogens is 1. The van der Waals surface area contributed by atoms with Gasteiger partial charge in [0.1, 0.15) is 29.9 Å². The van der Waals surface area contributed by atoms with Crippen LogP contribution >= 0.6 is 0 Å². The Morgan fingerprint density at radius 1 is 1.23 bits per heavy atom. The van der Waals surface area contributed by atoms with Gasteiger partial charge in [0.15, 0.2) is 17.2 Å². The number of aliphatic hydroxyl groups is 1. The van der Waals surface area contributed by atoms with E-state index in [2.05, 4.69) is 35.4 Å². The van der Waals surface area contributed by atoms with Gasteiger partial charge in [0, 0.05) is 30.0 Å². The number of benzene rings is 1. The lowest BCUT2D eigenvalue weighted by Gasteiger charge is -2.22. The summed E-state index contributed by atoms with van der Waals surface area (Å²) in [6.45, 7) is 4.04. The van der Waals surface area contributed by atoms with E-state index in [9.17, 15) is 9.50 Å². The number of hydrogen-bond donors (Lipinski definition) is 3. The highest BCUT2D eigenvalue weighted by atomic mass is 19.1. The van der Waals surface area contributed by atoms with Crippen molar-refractivity contribution in [2.24, 2.45) is 0 Å². The molecule has 1 atom stereocenters. The molecular weight excluding hydrogens is 453 g/mol. The maximum atomic E-state index is 14.7. The van der Waals surface area contributed by atoms with Gasteiger partial charge in [0.25, 0.3) is 0 Å². The van der Waals surface area contributed by atoms with Gasteiger partial charge in [-0.3, -0.25) is 15.0 Å². The number of aryl methyl sites for hydroxylation is 1. The van der Waals surface area contributed by atoms with Crippen LogP contribution in [0.1, 0.15) is 18.5 Å². The van der Waals surface area contributed by atoms with Crippen molar-refractivity contribution in [1.29, 1.82) is 0 Å². The summed E-state index contributed by atoms with van der Waals surface area (Å²) in [5.41, 5.74) is 1.83. The van der Waals surface area contributed by atoms with Crippen LogP contribution in [0.15, 0.2) is 42.9 Å². The van der Waals surface area contributed by atoms with Crippen LogP contribution in [0, 0.1) is 12.7 Å². The highest BCUT2D eigenvalue weighted by Crippen LogP contribution is 2.32. The van der Waals surface area contributed by atoms with Gasteiger partial charge in [-0.15, -0.1) is 5.10 Å². The molecule has 0 amide bonds. The molecule has 3 aromatic heterocycles. The van der Waals surface area contributed by atoms with Crippen molar-refractivity contribution in [2.75, 3.05) is 31.6 Å². The Hall–Kier alpha value is -3.83. The number of aromatic amines is 1. The van der Waals surface area contributed by atoms with Gasteiger partial charge in [0.05, 0.1) is 12.8 Å². The average Bonchev–Trinajstić information content (AvgIpc) is 3.49. The summed E-state index contributed by atoms with van der Waals surface area (Å²) in [6, 6.07) is 8.27. The normalized spacial score (nSPS) is 16.0. The summed E-state index contributed by atoms with van der Waals surface area (Å²) in [5, 5.41) is 20.3. The molecule has 0 radical (unpaired) electrons. The second kappa shape index (κ2) is 10.2. The number of fused-ring (bicyclic) bond motifs is 1. The first-order chi connectivity index (χ1) is 17.1. The first-order valence-electron chi connectivity index (χ1n) is 11.4. The van der Waals surface area contributed by atoms with Gasteiger partial charge >= 0.3 is 0 Å². The summed E-state index contributed by atoms with van der Waals surface area (Å²) < 4.78 is 26.3. The molecule has 35 heavy (non-hydrogen) atoms. The van der Waals surface area contributed by atoms with E-state index >= 15 is 0 Å². The Labute approximate surface area is 201 Å². The molecule has 3 N–H and O–H groups in total. The highest BCUT2D eigenvalue weighted by molar-refractivity contribution is 5.92. The van der Waals surface area contributed by atoms with E-state index < -0.39 is 5.82 Å². The van der Waals surface area contributed by atoms with Crippen molar-refractivity contribution >= 4 is 22.5 Å². The Kier molecular flexibility index (Phi) is 6.68. The third-order valence-electron chi connectivity index (χ3n) is 5.96. The molecule has 4 aromatic rings. The fourth-order valence-electron chi connectivity index (χ4n) is 4.13. The SMILES string of the molecule is Cc1ccc(Oc2ccc(Nc3ncnc4[nH]nc(OCCN5CCC[C@@H]5CO)c34)cc2F)cn1. The molecule has 4 heterocycles. The Bertz CT molecular complexity index is 1300. The summed E-state index contributed by atoms with van der Waals surface area (Å²) in [7, 11) is 0. The van der Waals surface area contributed by atoms with Crippen LogP contribution < -0.4 is 14.8 Å². The van der Waals surface area contributed by atoms with Crippen molar-refractivity contribution < 1.29 is 19.0 Å². The maximum absolute atomic E-state index is 14.7. The van der Waals surface area contributed by atoms with E-state index in [-0.39, 0.29) is 18.4 Å². The largest absolute Gasteiger partial charge is 0.475 e. The van der Waals surface area contributed by atoms with Crippen LogP contribution in [-0.2, 0) is 0 Å². The second-order valence-corrected chi connectivity index (χ2v) is 8.35. The molecule has 0 unspecified atom stereocenters. The molecular formula is C24H26FN7O3. The maximum Gasteiger partial charge on any atom is 0.246 e. The van der Waals surface area contributed by atoms with Crippen LogP contribution in [0.4, 0.5) is 15.9 Å². The lowest BCUT2D eigenvalue weighted by molar-refractivity contribution is 0.138. The number of anilines is 2. The van der Waals surface area contributed by atoms with Crippen LogP contribution in [0.3, 0.4) is 0 Å². The molecule has 0 saturated carbocycles. The molecule has 1 aliphatic rings. The number of likely N-dealkylation sites (tertiary alicyclic amines) is 1. The Morgan fingerprint density at radius 3 is 2.94 bits per heavy atom. The number of nitrogens with one attached hydrogen (secondary N) is 2. The smallest absolute Gasteiger partial charge is 0.246 e. The predicted octanol–water partition coefficient (Wildman–Crippen LogP) is 3.57. The molecule has 1 aromatic carbocycles. The van der Waals surface area contributed by atoms with Crippen molar-refractivity contribution in [3.05, 3.63) is 54.4 Å². The number of H-pyrrole nitrogens is 1. The van der Waals surface area contributed by atoms with Crippen LogP contribution in [0.5, 0.6) is 17.4 Å². The fourth-order valence-corrected chi connectivity index (χ4v) is 4.13. The first kappa shape index (κ1) is 22.9. The molecule has 1 saturated heterocycles. The van der Waals surface area contributed by atoms with E-state index in [1.807, 2.05) is 6.92 Å². The van der Waals surface area contributed by atoms with Gasteiger partial charge in [-0.1, -0.05) is 0 Å². The second-order valence-electron chi connectivity index (χ2n) is 8.35. The van der Waals surface area contributed by atoms with Crippen molar-refractivity contribution in [1.82, 2.24) is 30.0 Å². The summed E-state index contributed by atoms with van der Waals surface area (Å²) in [6.07, 6.45) is 5.00. The Morgan fingerprint density at radius 2 is 2.14 bits per heavy atom. The van der Waals surface area contributed by atoms with Crippen LogP contribution in [0.2, 0.25) is 0 Å². The first-order valence-corrected chi connectivity index (χ1v) is 11.4. The summed E-state index contributed by atoms with van der Waals surface area (Å²) in [4.78, 5) is 14.9. The van der Waals surface area contributed by atoms with E-state index in [1.165, 1.54) is 18.5 Å². The minimum atomic E-state index is -0.534. The molecule has 0 aliphatic carbocycles. The monoisotopic (exact) mass is 479 g/mol. The third kappa shape index (κ3) is 5.15. The van der Waals surface area contributed by atoms with Gasteiger partial charge in [-0.05, 0) is 50.6 Å². The van der Waals surface area contributed by atoms with Crippen LogP contribution in [0.25, 0.3) is 11.0 Å². The third-order valence-corrected chi connectivity index (χ3v) is 5.96. The standard InChI is InChI=1S/C24H26FN7O3/c1-15-4-6-18(12-26-15)35-20-7-5-16(11-19(20)25)29-22-21-23(28-14-27-22)30-31-24(21)34-10-9-32-8-2-3-17(32)13-33/h4-7,11-12,14,17,33H,2-3,8-10,13H2,1H3,(H2,27,28,29,30,31)/t17-/m1/s1. The lowest BCUT2D eigenvalue weighted by Crippen LogP contribution is -2.35. The van der Waals surface area contributed by atoms with Gasteiger partial charge in [-0.25, -0.2) is 14.4 Å². The minimum Gasteiger partial charge on any atom is -0.475 e. The predicted molar refractivity (Wildman–Crippen MR) is 128 cm³/mol. The minimum absolute atomic E-state index is 0.0875. The molecule has 0 spiro atoms. The zero-order chi connectivity index (χ0) is 24.2. The van der Waals surface area contributed by atoms with E-state index in [4.69, 9.17) is 9.47 Å². The summed E-state index contributed by atoms with van der Waals surface area (Å²) >= 11 is 0. The molecule has 1 aliphatic heterocycles. The summed E-state index contributed by atoms with van der Waals surface area (Å²) in [5.74, 6) is 0.796. The number of aliphatic hydroxyl groups excluding tert-OH is 1. The van der Waals surface area contributed by atoms with E-state index in [0.29, 0.717) is 47.3 Å². The molecule has 0 bridgehead atoms. The molecule has 182 valence electrons. The zero-order valence-corrected chi connectivity index (χ0v) is 19.2. The van der Waals surface area contributed by atoms with E-state index in [1.54, 1.807) is 24.4 Å². The van der Waals surface area contributed by atoms with Gasteiger partial charge in [0.2, 0.25) is 5.88 Å². The topological polar surface area (TPSA) is 121 Å². The highest BCUT2D eigenvalue weighted by Gasteiger charge is 2.23. The van der Waals surface area contributed by atoms with Gasteiger partial charge < -0.3 is 19.9 Å². The van der Waals surface area contributed by atoms with Crippen LogP contribution in [-0.4, -0.2) is 67.5 Å². The number of ether oxygens (including phenoxy) is 2. The average molecular weight is 480 g/mol. The fraction of sp³-hybridized carbons (Fsp3) is 0.333. The number of aromatic nitrogens is 5. The Balaban J connectivity index is 1.29. The van der Waals surface area contributed by atoms with Crippen molar-refractivity contribution in [3.63, 3.8) is 0 Å².